The maximum Gasteiger partial charge on any atom is 0.262 e. The van der Waals surface area contributed by atoms with Gasteiger partial charge in [-0.1, -0.05) is 53.2 Å². The Morgan fingerprint density at radius 3 is 2.50 bits per heavy atom. The lowest BCUT2D eigenvalue weighted by molar-refractivity contribution is -0.112. The lowest BCUT2D eigenvalue weighted by atomic mass is 10.2. The summed E-state index contributed by atoms with van der Waals surface area (Å²) in [5.41, 5.74) is 2.66. The van der Waals surface area contributed by atoms with Gasteiger partial charge in [0.25, 0.3) is 5.91 Å². The van der Waals surface area contributed by atoms with Crippen molar-refractivity contribution in [1.82, 2.24) is 0 Å². The molecule has 8 heteroatoms. The number of halogens is 4. The third-order valence-electron chi connectivity index (χ3n) is 4.28. The summed E-state index contributed by atoms with van der Waals surface area (Å²) < 4.78 is 7.95. The fourth-order valence-corrected chi connectivity index (χ4v) is 6.39. The number of ether oxygens (including phenoxy) is 1. The first-order valence-electron chi connectivity index (χ1n) is 8.76. The smallest absolute Gasteiger partial charge is 0.262 e. The number of hydrogen-bond donors (Lipinski definition) is 1. The summed E-state index contributed by atoms with van der Waals surface area (Å²) in [7, 11) is 0. The Labute approximate surface area is 215 Å². The highest BCUT2D eigenvalue weighted by molar-refractivity contribution is 14.1. The molecule has 0 saturated carbocycles. The number of fused-ring (bicyclic) bond motifs is 1. The summed E-state index contributed by atoms with van der Waals surface area (Å²) >= 11 is 18.2. The molecule has 4 rings (SSSR count). The van der Waals surface area contributed by atoms with E-state index in [9.17, 15) is 4.79 Å². The molecule has 0 saturated heterocycles. The minimum atomic E-state index is -0.0959. The maximum absolute atomic E-state index is 12.5. The number of amides is 1. The molecule has 0 radical (unpaired) electrons. The normalized spacial score (nSPS) is 14.4. The van der Waals surface area contributed by atoms with Gasteiger partial charge < -0.3 is 10.1 Å². The van der Waals surface area contributed by atoms with Crippen molar-refractivity contribution < 1.29 is 9.53 Å². The van der Waals surface area contributed by atoms with Crippen LogP contribution in [-0.4, -0.2) is 5.91 Å². The van der Waals surface area contributed by atoms with Crippen LogP contribution in [0.5, 0.6) is 5.75 Å². The lowest BCUT2D eigenvalue weighted by Gasteiger charge is -2.18. The fraction of sp³-hybridized carbons (Fsp3) is 0.0455. The second-order valence-corrected chi connectivity index (χ2v) is 10.7. The minimum absolute atomic E-state index is 0.0959. The first-order chi connectivity index (χ1) is 14.4. The van der Waals surface area contributed by atoms with E-state index in [0.717, 1.165) is 34.6 Å². The maximum atomic E-state index is 12.5. The summed E-state index contributed by atoms with van der Waals surface area (Å²) in [6, 6.07) is 17.1. The Morgan fingerprint density at radius 2 is 1.77 bits per heavy atom. The Hall–Kier alpha value is -0.940. The summed E-state index contributed by atoms with van der Waals surface area (Å²) in [6.07, 6.45) is 1.90. The van der Waals surface area contributed by atoms with Crippen molar-refractivity contribution in [3.8, 4) is 5.75 Å². The largest absolute Gasteiger partial charge is 0.487 e. The van der Waals surface area contributed by atoms with E-state index in [1.54, 1.807) is 12.1 Å². The highest BCUT2D eigenvalue weighted by Gasteiger charge is 2.21. The molecule has 0 aromatic heterocycles. The van der Waals surface area contributed by atoms with Crippen LogP contribution in [0.1, 0.15) is 11.1 Å². The molecule has 152 valence electrons. The van der Waals surface area contributed by atoms with E-state index < -0.39 is 0 Å². The van der Waals surface area contributed by atoms with Gasteiger partial charge in [-0.3, -0.25) is 4.79 Å². The predicted molar refractivity (Wildman–Crippen MR) is 142 cm³/mol. The average molecular weight is 680 g/mol. The van der Waals surface area contributed by atoms with Gasteiger partial charge in [0.05, 0.1) is 17.7 Å². The van der Waals surface area contributed by atoms with Crippen molar-refractivity contribution in [3.63, 3.8) is 0 Å². The van der Waals surface area contributed by atoms with Crippen LogP contribution >= 0.6 is 80.1 Å². The van der Waals surface area contributed by atoms with Gasteiger partial charge in [-0.25, -0.2) is 0 Å². The number of anilines is 1. The molecule has 0 fully saturated rings. The van der Waals surface area contributed by atoms with Crippen molar-refractivity contribution >= 4 is 97.8 Å². The highest BCUT2D eigenvalue weighted by Crippen LogP contribution is 2.39. The first-order valence-corrected chi connectivity index (χ1v) is 12.5. The molecule has 30 heavy (non-hydrogen) atoms. The summed E-state index contributed by atoms with van der Waals surface area (Å²) in [5, 5.41) is 4.11. The van der Waals surface area contributed by atoms with E-state index in [0.29, 0.717) is 21.6 Å². The van der Waals surface area contributed by atoms with Crippen molar-refractivity contribution in [2.45, 2.75) is 11.5 Å². The Kier molecular flexibility index (Phi) is 7.19. The van der Waals surface area contributed by atoms with Crippen LogP contribution in [0.25, 0.3) is 6.08 Å². The van der Waals surface area contributed by atoms with Crippen LogP contribution in [0.2, 0.25) is 10.0 Å². The molecule has 3 nitrogen and oxygen atoms in total. The van der Waals surface area contributed by atoms with E-state index >= 15 is 0 Å². The van der Waals surface area contributed by atoms with E-state index in [4.69, 9.17) is 27.9 Å². The van der Waals surface area contributed by atoms with Crippen molar-refractivity contribution in [2.75, 3.05) is 5.32 Å². The first kappa shape index (κ1) is 22.3. The second-order valence-electron chi connectivity index (χ2n) is 6.40. The van der Waals surface area contributed by atoms with Crippen LogP contribution in [0, 0.1) is 7.14 Å². The van der Waals surface area contributed by atoms with Gasteiger partial charge in [0.2, 0.25) is 0 Å². The van der Waals surface area contributed by atoms with E-state index in [1.807, 2.05) is 48.5 Å². The van der Waals surface area contributed by atoms with Crippen molar-refractivity contribution in [3.05, 3.63) is 87.8 Å². The van der Waals surface area contributed by atoms with Crippen molar-refractivity contribution in [2.24, 2.45) is 0 Å². The molecule has 0 atom stereocenters. The zero-order valence-electron chi connectivity index (χ0n) is 15.2. The molecular weight excluding hydrogens is 667 g/mol. The molecule has 3 aromatic rings. The average Bonchev–Trinajstić information content (AvgIpc) is 2.69. The number of rotatable bonds is 4. The second kappa shape index (κ2) is 9.68. The summed E-state index contributed by atoms with van der Waals surface area (Å²) in [4.78, 5) is 14.2. The van der Waals surface area contributed by atoms with Crippen LogP contribution in [0.4, 0.5) is 5.69 Å². The van der Waals surface area contributed by atoms with Gasteiger partial charge in [0.1, 0.15) is 12.4 Å². The number of nitrogens with one attached hydrogen (secondary N) is 1. The molecule has 0 unspecified atom stereocenters. The predicted octanol–water partition coefficient (Wildman–Crippen LogP) is 7.87. The van der Waals surface area contributed by atoms with Gasteiger partial charge in [-0.05, 0) is 93.2 Å². The van der Waals surface area contributed by atoms with Gasteiger partial charge in [-0.2, -0.15) is 0 Å². The number of hydrogen-bond acceptors (Lipinski definition) is 3. The fourth-order valence-electron chi connectivity index (χ4n) is 2.84. The molecule has 0 bridgehead atoms. The zero-order chi connectivity index (χ0) is 21.3. The number of carbonyl (C=O) groups is 1. The van der Waals surface area contributed by atoms with Crippen LogP contribution < -0.4 is 10.1 Å². The Balaban J connectivity index is 1.55. The van der Waals surface area contributed by atoms with Crippen LogP contribution in [-0.2, 0) is 11.4 Å². The highest BCUT2D eigenvalue weighted by atomic mass is 127. The molecule has 0 aliphatic carbocycles. The standard InChI is InChI=1S/C22H13Cl2I2NO2S/c23-14-6-5-13(15(24)10-14)11-29-21-16(25)7-12(8-17(21)26)9-20-22(28)27-18-3-1-2-4-19(18)30-20/h1-10H,11H2,(H,27,28)/b20-9-. The zero-order valence-corrected chi connectivity index (χ0v) is 21.9. The van der Waals surface area contributed by atoms with Crippen LogP contribution in [0.3, 0.4) is 0 Å². The van der Waals surface area contributed by atoms with Gasteiger partial charge in [0.15, 0.2) is 0 Å². The third kappa shape index (κ3) is 5.09. The minimum Gasteiger partial charge on any atom is -0.487 e. The third-order valence-corrected chi connectivity index (χ3v) is 7.57. The summed E-state index contributed by atoms with van der Waals surface area (Å²) in [5.74, 6) is 0.692. The SMILES string of the molecule is O=C1Nc2ccccc2S/C1=C\c1cc(I)c(OCc2ccc(Cl)cc2Cl)c(I)c1. The quantitative estimate of drug-likeness (QED) is 0.225. The number of benzene rings is 3. The molecular formula is C22H13Cl2I2NO2S. The molecule has 0 spiro atoms. The number of para-hydroxylation sites is 1. The monoisotopic (exact) mass is 679 g/mol. The van der Waals surface area contributed by atoms with Crippen LogP contribution in [0.15, 0.2) is 64.4 Å². The summed E-state index contributed by atoms with van der Waals surface area (Å²) in [6.45, 7) is 0.345. The van der Waals surface area contributed by atoms with Gasteiger partial charge in [-0.15, -0.1) is 0 Å². The molecule has 1 amide bonds. The lowest BCUT2D eigenvalue weighted by Crippen LogP contribution is -2.17. The van der Waals surface area contributed by atoms with Crippen molar-refractivity contribution in [1.29, 1.82) is 0 Å². The van der Waals surface area contributed by atoms with E-state index in [-0.39, 0.29) is 5.91 Å². The van der Waals surface area contributed by atoms with E-state index in [1.165, 1.54) is 11.8 Å². The van der Waals surface area contributed by atoms with Gasteiger partial charge in [0, 0.05) is 20.5 Å². The van der Waals surface area contributed by atoms with Gasteiger partial charge >= 0.3 is 0 Å². The molecule has 1 aliphatic rings. The number of carbonyl (C=O) groups excluding carboxylic acids is 1. The topological polar surface area (TPSA) is 38.3 Å². The Bertz CT molecular complexity index is 1160. The Morgan fingerprint density at radius 1 is 1.03 bits per heavy atom. The molecule has 3 aromatic carbocycles. The number of thioether (sulfide) groups is 1. The molecule has 1 heterocycles. The molecule has 1 N–H and O–H groups in total. The molecule has 1 aliphatic heterocycles. The van der Waals surface area contributed by atoms with E-state index in [2.05, 4.69) is 50.5 Å².